The van der Waals surface area contributed by atoms with Crippen molar-refractivity contribution in [1.82, 2.24) is 19.9 Å². The van der Waals surface area contributed by atoms with Crippen LogP contribution in [0.3, 0.4) is 0 Å². The van der Waals surface area contributed by atoms with Gasteiger partial charge in [0.2, 0.25) is 0 Å². The predicted molar refractivity (Wildman–Crippen MR) is 230 cm³/mol. The Morgan fingerprint density at radius 1 is 0.357 bits per heavy atom. The quantitative estimate of drug-likeness (QED) is 0.170. The first-order valence-corrected chi connectivity index (χ1v) is 19.4. The minimum atomic E-state index is 0.583. The van der Waals surface area contributed by atoms with E-state index in [1.807, 2.05) is 42.5 Å². The van der Waals surface area contributed by atoms with E-state index >= 15 is 0 Å². The molecule has 0 amide bonds. The highest BCUT2D eigenvalue weighted by atomic mass is 32.1. The normalized spacial score (nSPS) is 11.6. The Morgan fingerprint density at radius 3 is 1.68 bits per heavy atom. The van der Waals surface area contributed by atoms with Gasteiger partial charge in [-0.2, -0.15) is 0 Å². The summed E-state index contributed by atoms with van der Waals surface area (Å²) in [6.07, 6.45) is 0. The molecule has 6 heteroatoms. The largest absolute Gasteiger partial charge is 0.456 e. The molecule has 11 rings (SSSR count). The van der Waals surface area contributed by atoms with E-state index < -0.39 is 0 Å². The van der Waals surface area contributed by atoms with Crippen LogP contribution in [0.15, 0.2) is 186 Å². The van der Waals surface area contributed by atoms with Crippen LogP contribution < -0.4 is 0 Å². The molecule has 11 aromatic rings. The third-order valence-electron chi connectivity index (χ3n) is 10.4. The molecule has 0 spiro atoms. The Morgan fingerprint density at radius 2 is 0.911 bits per heavy atom. The Kier molecular flexibility index (Phi) is 7.60. The van der Waals surface area contributed by atoms with Crippen LogP contribution in [0.25, 0.3) is 110 Å². The van der Waals surface area contributed by atoms with Crippen LogP contribution in [-0.2, 0) is 0 Å². The van der Waals surface area contributed by atoms with Crippen LogP contribution in [0, 0.1) is 0 Å². The monoisotopic (exact) mass is 734 g/mol. The van der Waals surface area contributed by atoms with Crippen molar-refractivity contribution in [1.29, 1.82) is 0 Å². The maximum atomic E-state index is 6.51. The van der Waals surface area contributed by atoms with Crippen LogP contribution >= 0.6 is 11.3 Å². The molecule has 5 nitrogen and oxygen atoms in total. The van der Waals surface area contributed by atoms with E-state index in [0.717, 1.165) is 65.0 Å². The molecule has 0 atom stereocenters. The third-order valence-corrected chi connectivity index (χ3v) is 11.5. The molecule has 3 heterocycles. The Balaban J connectivity index is 0.951. The molecule has 0 bridgehead atoms. The summed E-state index contributed by atoms with van der Waals surface area (Å²) in [6.45, 7) is 0. The van der Waals surface area contributed by atoms with Gasteiger partial charge < -0.3 is 4.42 Å². The van der Waals surface area contributed by atoms with Gasteiger partial charge in [-0.15, -0.1) is 11.3 Å². The van der Waals surface area contributed by atoms with Crippen LogP contribution in [0.5, 0.6) is 0 Å². The van der Waals surface area contributed by atoms with E-state index in [4.69, 9.17) is 24.4 Å². The number of fused-ring (bicyclic) bond motifs is 5. The summed E-state index contributed by atoms with van der Waals surface area (Å²) < 4.78 is 7.63. The zero-order chi connectivity index (χ0) is 37.0. The fourth-order valence-corrected chi connectivity index (χ4v) is 8.51. The third kappa shape index (κ3) is 5.72. The second kappa shape index (κ2) is 13.2. The number of aromatic nitrogens is 4. The van der Waals surface area contributed by atoms with E-state index in [1.54, 1.807) is 11.3 Å². The van der Waals surface area contributed by atoms with E-state index in [9.17, 15) is 0 Å². The van der Waals surface area contributed by atoms with E-state index in [-0.39, 0.29) is 0 Å². The van der Waals surface area contributed by atoms with E-state index in [0.29, 0.717) is 17.5 Å². The van der Waals surface area contributed by atoms with Crippen LogP contribution in [-0.4, -0.2) is 19.9 Å². The van der Waals surface area contributed by atoms with Crippen molar-refractivity contribution in [2.45, 2.75) is 0 Å². The minimum absolute atomic E-state index is 0.583. The Bertz CT molecular complexity index is 3220. The average molecular weight is 735 g/mol. The lowest BCUT2D eigenvalue weighted by Crippen LogP contribution is -2.00. The lowest BCUT2D eigenvalue weighted by Gasteiger charge is -2.10. The molecule has 0 aliphatic heterocycles. The first-order chi connectivity index (χ1) is 27.7. The lowest BCUT2D eigenvalue weighted by atomic mass is 9.97. The van der Waals surface area contributed by atoms with Crippen LogP contribution in [0.4, 0.5) is 0 Å². The summed E-state index contributed by atoms with van der Waals surface area (Å²) in [6, 6.07) is 63.0. The van der Waals surface area contributed by atoms with Gasteiger partial charge in [0, 0.05) is 39.1 Å². The van der Waals surface area contributed by atoms with Gasteiger partial charge in [0.1, 0.15) is 16.2 Å². The van der Waals surface area contributed by atoms with Gasteiger partial charge >= 0.3 is 0 Å². The summed E-state index contributed by atoms with van der Waals surface area (Å²) in [7, 11) is 0. The molecular formula is C50H30N4OS. The lowest BCUT2D eigenvalue weighted by molar-refractivity contribution is 0.669. The number of rotatable bonds is 6. The molecule has 0 aliphatic carbocycles. The molecule has 0 N–H and O–H groups in total. The molecule has 0 unspecified atom stereocenters. The molecule has 0 fully saturated rings. The van der Waals surface area contributed by atoms with Crippen molar-refractivity contribution in [3.05, 3.63) is 182 Å². The number of benzene rings is 8. The second-order valence-electron chi connectivity index (χ2n) is 13.9. The molecule has 0 aliphatic rings. The summed E-state index contributed by atoms with van der Waals surface area (Å²) in [5, 5.41) is 5.53. The number of furan rings is 1. The van der Waals surface area contributed by atoms with Crippen LogP contribution in [0.2, 0.25) is 0 Å². The van der Waals surface area contributed by atoms with Crippen LogP contribution in [0.1, 0.15) is 0 Å². The maximum absolute atomic E-state index is 6.51. The van der Waals surface area contributed by atoms with Gasteiger partial charge in [-0.05, 0) is 51.2 Å². The molecule has 3 aromatic heterocycles. The number of nitrogens with zero attached hydrogens (tertiary/aromatic N) is 4. The summed E-state index contributed by atoms with van der Waals surface area (Å²) in [5.41, 5.74) is 11.0. The van der Waals surface area contributed by atoms with Gasteiger partial charge in [-0.1, -0.05) is 158 Å². The Labute approximate surface area is 326 Å². The SMILES string of the molecule is c1ccc(-c2ccc(-c3nc4cc5oc6cc(-c7nc(-c8ccccc8)nc(-c8ccc(-c9cccc%10ccccc9%10)cc8)n7)ccc6c5cc4s3)cc2)cc1. The molecule has 0 saturated heterocycles. The highest BCUT2D eigenvalue weighted by Gasteiger charge is 2.17. The molecule has 262 valence electrons. The fourth-order valence-electron chi connectivity index (χ4n) is 7.52. The van der Waals surface area contributed by atoms with E-state index in [1.165, 1.54) is 27.5 Å². The van der Waals surface area contributed by atoms with Crippen molar-refractivity contribution in [2.24, 2.45) is 0 Å². The van der Waals surface area contributed by atoms with Gasteiger partial charge in [0.25, 0.3) is 0 Å². The van der Waals surface area contributed by atoms with Crippen molar-refractivity contribution in [3.63, 3.8) is 0 Å². The molecule has 8 aromatic carbocycles. The van der Waals surface area contributed by atoms with Gasteiger partial charge in [0.05, 0.1) is 10.2 Å². The zero-order valence-electron chi connectivity index (χ0n) is 29.9. The first kappa shape index (κ1) is 32.2. The van der Waals surface area contributed by atoms with Crippen molar-refractivity contribution in [3.8, 4) is 67.0 Å². The number of hydrogen-bond donors (Lipinski definition) is 0. The smallest absolute Gasteiger partial charge is 0.164 e. The highest BCUT2D eigenvalue weighted by molar-refractivity contribution is 7.21. The number of hydrogen-bond acceptors (Lipinski definition) is 6. The molecule has 0 saturated carbocycles. The second-order valence-corrected chi connectivity index (χ2v) is 14.9. The van der Waals surface area contributed by atoms with Gasteiger partial charge in [0.15, 0.2) is 17.5 Å². The predicted octanol–water partition coefficient (Wildman–Crippen LogP) is 13.5. The first-order valence-electron chi connectivity index (χ1n) is 18.5. The Hall–Kier alpha value is -7.28. The maximum Gasteiger partial charge on any atom is 0.164 e. The van der Waals surface area contributed by atoms with E-state index in [2.05, 4.69) is 140 Å². The summed E-state index contributed by atoms with van der Waals surface area (Å²) in [5.74, 6) is 1.81. The highest BCUT2D eigenvalue weighted by Crippen LogP contribution is 2.39. The van der Waals surface area contributed by atoms with Gasteiger partial charge in [-0.3, -0.25) is 0 Å². The molecular weight excluding hydrogens is 705 g/mol. The zero-order valence-corrected chi connectivity index (χ0v) is 30.7. The van der Waals surface area contributed by atoms with Gasteiger partial charge in [-0.25, -0.2) is 19.9 Å². The standard InChI is InChI=1S/C50H30N4OS/c1-3-10-31(11-4-1)32-18-24-37(25-19-32)50-51-43-30-45-42(29-46(43)56-50)41-27-26-38(28-44(41)55-45)49-53-47(35-13-5-2-6-14-35)52-48(54-49)36-22-20-34(21-23-36)40-17-9-15-33-12-7-8-16-39(33)40/h1-30H. The summed E-state index contributed by atoms with van der Waals surface area (Å²) in [4.78, 5) is 20.0. The van der Waals surface area contributed by atoms with Crippen molar-refractivity contribution >= 4 is 54.3 Å². The average Bonchev–Trinajstić information content (AvgIpc) is 3.86. The minimum Gasteiger partial charge on any atom is -0.456 e. The summed E-state index contributed by atoms with van der Waals surface area (Å²) >= 11 is 1.70. The molecule has 56 heavy (non-hydrogen) atoms. The fraction of sp³-hybridized carbons (Fsp3) is 0. The van der Waals surface area contributed by atoms with Crippen molar-refractivity contribution in [2.75, 3.05) is 0 Å². The number of thiazole rings is 1. The topological polar surface area (TPSA) is 64.7 Å². The molecule has 0 radical (unpaired) electrons. The van der Waals surface area contributed by atoms with Crippen molar-refractivity contribution < 1.29 is 4.42 Å².